The Labute approximate surface area is 129 Å². The molecule has 0 saturated carbocycles. The third-order valence-corrected chi connectivity index (χ3v) is 4.06. The summed E-state index contributed by atoms with van der Waals surface area (Å²) >= 11 is 0. The average molecular weight is 288 g/mol. The van der Waals surface area contributed by atoms with Crippen molar-refractivity contribution in [3.05, 3.63) is 77.6 Å². The Morgan fingerprint density at radius 3 is 2.68 bits per heavy atom. The molecule has 0 bridgehead atoms. The number of benzene rings is 2. The number of ether oxygens (including phenoxy) is 1. The Kier molecular flexibility index (Phi) is 2.86. The van der Waals surface area contributed by atoms with Crippen molar-refractivity contribution in [2.45, 2.75) is 6.92 Å². The lowest BCUT2D eigenvalue weighted by atomic mass is 10.1. The fourth-order valence-electron chi connectivity index (χ4n) is 2.89. The molecule has 0 saturated heterocycles. The molecule has 1 aliphatic rings. The van der Waals surface area contributed by atoms with Gasteiger partial charge in [-0.25, -0.2) is 4.99 Å². The summed E-state index contributed by atoms with van der Waals surface area (Å²) in [7, 11) is 1.69. The third-order valence-electron chi connectivity index (χ3n) is 4.06. The second-order valence-electron chi connectivity index (χ2n) is 5.39. The molecule has 0 N–H and O–H groups in total. The Morgan fingerprint density at radius 2 is 1.86 bits per heavy atom. The first kappa shape index (κ1) is 12.9. The van der Waals surface area contributed by atoms with E-state index in [1.54, 1.807) is 7.11 Å². The Hall–Kier alpha value is -2.81. The Balaban J connectivity index is 1.94. The Bertz CT molecular complexity index is 890. The lowest BCUT2D eigenvalue weighted by molar-refractivity contribution is 0.414. The van der Waals surface area contributed by atoms with Crippen LogP contribution in [0.5, 0.6) is 5.75 Å². The molecule has 0 aliphatic carbocycles. The summed E-state index contributed by atoms with van der Waals surface area (Å²) in [5.74, 6) is 0.857. The molecule has 22 heavy (non-hydrogen) atoms. The van der Waals surface area contributed by atoms with Crippen molar-refractivity contribution in [3.63, 3.8) is 0 Å². The molecule has 3 heteroatoms. The van der Waals surface area contributed by atoms with Gasteiger partial charge in [0.2, 0.25) is 0 Å². The summed E-state index contributed by atoms with van der Waals surface area (Å²) in [6, 6.07) is 18.5. The minimum Gasteiger partial charge on any atom is -0.497 e. The van der Waals surface area contributed by atoms with Gasteiger partial charge in [0.15, 0.2) is 0 Å². The van der Waals surface area contributed by atoms with Gasteiger partial charge in [0.25, 0.3) is 0 Å². The van der Waals surface area contributed by atoms with Crippen LogP contribution >= 0.6 is 0 Å². The van der Waals surface area contributed by atoms with Crippen molar-refractivity contribution in [1.29, 1.82) is 0 Å². The van der Waals surface area contributed by atoms with E-state index in [9.17, 15) is 0 Å². The number of hydrogen-bond acceptors (Lipinski definition) is 2. The van der Waals surface area contributed by atoms with E-state index in [2.05, 4.69) is 48.0 Å². The summed E-state index contributed by atoms with van der Waals surface area (Å²) < 4.78 is 7.51. The number of methoxy groups -OCH3 is 1. The van der Waals surface area contributed by atoms with Gasteiger partial charge in [0.05, 0.1) is 29.9 Å². The molecule has 4 rings (SSSR count). The molecule has 0 radical (unpaired) electrons. The van der Waals surface area contributed by atoms with Crippen LogP contribution in [0.1, 0.15) is 16.8 Å². The molecule has 2 heterocycles. The zero-order valence-electron chi connectivity index (χ0n) is 12.6. The number of aromatic nitrogens is 1. The molecule has 0 atom stereocenters. The maximum atomic E-state index is 5.35. The van der Waals surface area contributed by atoms with Gasteiger partial charge in [-0.05, 0) is 42.8 Å². The normalized spacial score (nSPS) is 14.0. The van der Waals surface area contributed by atoms with Gasteiger partial charge in [-0.2, -0.15) is 0 Å². The summed E-state index contributed by atoms with van der Waals surface area (Å²) in [6.07, 6.45) is 2.06. The molecule has 0 fully saturated rings. The largest absolute Gasteiger partial charge is 0.497 e. The minimum absolute atomic E-state index is 0.857. The number of para-hydroxylation sites is 1. The molecular formula is C19H16N2O. The lowest BCUT2D eigenvalue weighted by Crippen LogP contribution is -1.98. The van der Waals surface area contributed by atoms with E-state index in [1.165, 1.54) is 5.56 Å². The first-order valence-corrected chi connectivity index (χ1v) is 7.29. The van der Waals surface area contributed by atoms with Crippen LogP contribution in [0.2, 0.25) is 0 Å². The first-order valence-electron chi connectivity index (χ1n) is 7.29. The number of aryl methyl sites for hydroxylation is 1. The summed E-state index contributed by atoms with van der Waals surface area (Å²) in [5, 5.41) is 0. The topological polar surface area (TPSA) is 26.5 Å². The van der Waals surface area contributed by atoms with Crippen LogP contribution in [0, 0.1) is 6.92 Å². The van der Waals surface area contributed by atoms with E-state index >= 15 is 0 Å². The van der Waals surface area contributed by atoms with Crippen molar-refractivity contribution in [2.24, 2.45) is 4.99 Å². The summed E-state index contributed by atoms with van der Waals surface area (Å²) in [4.78, 5) is 4.92. The van der Waals surface area contributed by atoms with Gasteiger partial charge in [0.1, 0.15) is 5.75 Å². The Morgan fingerprint density at radius 1 is 1.00 bits per heavy atom. The fourth-order valence-corrected chi connectivity index (χ4v) is 2.89. The van der Waals surface area contributed by atoms with Crippen molar-refractivity contribution in [1.82, 2.24) is 4.57 Å². The second kappa shape index (κ2) is 4.88. The molecular weight excluding hydrogens is 272 g/mol. The van der Waals surface area contributed by atoms with E-state index in [4.69, 9.17) is 9.73 Å². The first-order chi connectivity index (χ1) is 10.8. The van der Waals surface area contributed by atoms with Crippen molar-refractivity contribution in [2.75, 3.05) is 7.11 Å². The number of fused-ring (bicyclic) bond motifs is 3. The van der Waals surface area contributed by atoms with Crippen molar-refractivity contribution < 1.29 is 4.74 Å². The molecule has 1 aromatic heterocycles. The highest BCUT2D eigenvalue weighted by atomic mass is 16.5. The number of hydrogen-bond donors (Lipinski definition) is 0. The van der Waals surface area contributed by atoms with Gasteiger partial charge in [-0.3, -0.25) is 0 Å². The summed E-state index contributed by atoms with van der Waals surface area (Å²) in [5.41, 5.74) is 6.57. The van der Waals surface area contributed by atoms with E-state index in [0.717, 1.165) is 34.1 Å². The van der Waals surface area contributed by atoms with Crippen LogP contribution in [0.15, 0.2) is 65.8 Å². The van der Waals surface area contributed by atoms with E-state index < -0.39 is 0 Å². The molecule has 0 unspecified atom stereocenters. The molecule has 108 valence electrons. The number of rotatable bonds is 2. The third kappa shape index (κ3) is 1.86. The van der Waals surface area contributed by atoms with Crippen molar-refractivity contribution in [3.8, 4) is 11.4 Å². The van der Waals surface area contributed by atoms with E-state index in [1.807, 2.05) is 24.3 Å². The molecule has 1 aliphatic heterocycles. The quantitative estimate of drug-likeness (QED) is 0.541. The second-order valence-corrected chi connectivity index (χ2v) is 5.39. The van der Waals surface area contributed by atoms with Crippen LogP contribution in [0.25, 0.3) is 5.69 Å². The average Bonchev–Trinajstić information content (AvgIpc) is 3.12. The molecule has 0 amide bonds. The highest BCUT2D eigenvalue weighted by Gasteiger charge is 2.24. The van der Waals surface area contributed by atoms with Crippen LogP contribution in [-0.4, -0.2) is 17.4 Å². The lowest BCUT2D eigenvalue weighted by Gasteiger charge is -2.05. The van der Waals surface area contributed by atoms with Gasteiger partial charge in [-0.1, -0.05) is 18.2 Å². The zero-order chi connectivity index (χ0) is 15.1. The maximum Gasteiger partial charge on any atom is 0.120 e. The van der Waals surface area contributed by atoms with Crippen LogP contribution in [0.3, 0.4) is 0 Å². The van der Waals surface area contributed by atoms with E-state index in [-0.39, 0.29) is 0 Å². The fraction of sp³-hybridized carbons (Fsp3) is 0.105. The predicted molar refractivity (Wildman–Crippen MR) is 88.8 cm³/mol. The van der Waals surface area contributed by atoms with Gasteiger partial charge >= 0.3 is 0 Å². The monoisotopic (exact) mass is 288 g/mol. The highest BCUT2D eigenvalue weighted by molar-refractivity contribution is 6.18. The molecule has 3 aromatic rings. The van der Waals surface area contributed by atoms with Crippen LogP contribution < -0.4 is 4.74 Å². The van der Waals surface area contributed by atoms with Crippen molar-refractivity contribution >= 4 is 11.4 Å². The number of aliphatic imine (C=N–C) groups is 1. The van der Waals surface area contributed by atoms with Gasteiger partial charge < -0.3 is 9.30 Å². The van der Waals surface area contributed by atoms with Gasteiger partial charge in [-0.15, -0.1) is 0 Å². The van der Waals surface area contributed by atoms with E-state index in [0.29, 0.717) is 0 Å². The minimum atomic E-state index is 0.857. The van der Waals surface area contributed by atoms with Crippen LogP contribution in [0.4, 0.5) is 5.69 Å². The predicted octanol–water partition coefficient (Wildman–Crippen LogP) is 4.28. The SMILES string of the molecule is COc1ccc2c(c1)-n1cccc1C2=Nc1ccccc1C. The van der Waals surface area contributed by atoms with Crippen LogP contribution in [-0.2, 0) is 0 Å². The standard InChI is InChI=1S/C19H16N2O/c1-13-6-3-4-7-16(13)20-19-15-10-9-14(22-2)12-18(15)21-11-5-8-17(19)21/h3-12H,1-2H3. The molecule has 2 aromatic carbocycles. The zero-order valence-corrected chi connectivity index (χ0v) is 12.6. The molecule has 3 nitrogen and oxygen atoms in total. The maximum absolute atomic E-state index is 5.35. The molecule has 0 spiro atoms. The highest BCUT2D eigenvalue weighted by Crippen LogP contribution is 2.33. The van der Waals surface area contributed by atoms with Gasteiger partial charge in [0, 0.05) is 17.8 Å². The summed E-state index contributed by atoms with van der Waals surface area (Å²) in [6.45, 7) is 2.09. The number of nitrogens with zero attached hydrogens (tertiary/aromatic N) is 2. The smallest absolute Gasteiger partial charge is 0.120 e.